The van der Waals surface area contributed by atoms with Gasteiger partial charge in [0.15, 0.2) is 0 Å². The highest BCUT2D eigenvalue weighted by molar-refractivity contribution is 5.38. The van der Waals surface area contributed by atoms with Crippen LogP contribution >= 0.6 is 0 Å². The lowest BCUT2D eigenvalue weighted by Gasteiger charge is -2.25. The molecule has 0 unspecified atom stereocenters. The molecule has 2 aromatic heterocycles. The summed E-state index contributed by atoms with van der Waals surface area (Å²) < 4.78 is 6.81. The van der Waals surface area contributed by atoms with Crippen LogP contribution in [0.5, 0.6) is 0 Å². The van der Waals surface area contributed by atoms with Gasteiger partial charge in [-0.1, -0.05) is 0 Å². The molecule has 0 atom stereocenters. The minimum Gasteiger partial charge on any atom is -0.378 e. The number of hydrogen-bond acceptors (Lipinski definition) is 5. The Morgan fingerprint density at radius 3 is 3.00 bits per heavy atom. The molecule has 16 heavy (non-hydrogen) atoms. The van der Waals surface area contributed by atoms with E-state index in [2.05, 4.69) is 15.1 Å². The maximum atomic E-state index is 11.1. The van der Waals surface area contributed by atoms with Crippen LogP contribution in [-0.2, 0) is 4.74 Å². The third-order valence-corrected chi connectivity index (χ3v) is 2.52. The van der Waals surface area contributed by atoms with Gasteiger partial charge in [-0.25, -0.2) is 4.52 Å². The van der Waals surface area contributed by atoms with Crippen molar-refractivity contribution in [1.29, 1.82) is 0 Å². The standard InChI is InChI=1S/C9H11N5O2/c15-7-1-2-14-8(10-7)11-9(12-14)13-3-5-16-6-4-13/h1-2H,3-6H2,(H,10,11,12,15). The average molecular weight is 221 g/mol. The number of anilines is 1. The molecule has 1 fully saturated rings. The van der Waals surface area contributed by atoms with Crippen LogP contribution in [0.1, 0.15) is 0 Å². The van der Waals surface area contributed by atoms with Crippen LogP contribution in [0.15, 0.2) is 17.1 Å². The van der Waals surface area contributed by atoms with Crippen molar-refractivity contribution in [1.82, 2.24) is 19.6 Å². The second kappa shape index (κ2) is 3.60. The lowest BCUT2D eigenvalue weighted by molar-refractivity contribution is 0.122. The molecule has 0 spiro atoms. The molecule has 2 aromatic rings. The molecule has 1 N–H and O–H groups in total. The van der Waals surface area contributed by atoms with Crippen LogP contribution in [0, 0.1) is 0 Å². The van der Waals surface area contributed by atoms with Gasteiger partial charge in [0.2, 0.25) is 11.7 Å². The summed E-state index contributed by atoms with van der Waals surface area (Å²) in [6.07, 6.45) is 1.60. The van der Waals surface area contributed by atoms with Gasteiger partial charge in [-0.15, -0.1) is 5.10 Å². The molecule has 0 aromatic carbocycles. The maximum absolute atomic E-state index is 11.1. The van der Waals surface area contributed by atoms with Crippen molar-refractivity contribution in [3.8, 4) is 0 Å². The third-order valence-electron chi connectivity index (χ3n) is 2.52. The van der Waals surface area contributed by atoms with Crippen LogP contribution in [0.3, 0.4) is 0 Å². The summed E-state index contributed by atoms with van der Waals surface area (Å²) in [5.74, 6) is 1.10. The van der Waals surface area contributed by atoms with Crippen molar-refractivity contribution < 1.29 is 4.74 Å². The minimum absolute atomic E-state index is 0.173. The Kier molecular flexibility index (Phi) is 2.10. The fourth-order valence-corrected chi connectivity index (χ4v) is 1.69. The number of fused-ring (bicyclic) bond motifs is 1. The van der Waals surface area contributed by atoms with Crippen molar-refractivity contribution in [2.75, 3.05) is 31.2 Å². The van der Waals surface area contributed by atoms with E-state index in [-0.39, 0.29) is 5.56 Å². The smallest absolute Gasteiger partial charge is 0.252 e. The number of ether oxygens (including phenoxy) is 1. The first-order valence-corrected chi connectivity index (χ1v) is 5.11. The van der Waals surface area contributed by atoms with Crippen molar-refractivity contribution in [2.45, 2.75) is 0 Å². The largest absolute Gasteiger partial charge is 0.378 e. The SMILES string of the molecule is O=c1ccn2nc(N3CCOCC3)nc2[nH]1. The second-order valence-electron chi connectivity index (χ2n) is 3.58. The van der Waals surface area contributed by atoms with Gasteiger partial charge < -0.3 is 9.64 Å². The van der Waals surface area contributed by atoms with Crippen LogP contribution in [0.4, 0.5) is 5.95 Å². The number of aromatic nitrogens is 4. The van der Waals surface area contributed by atoms with E-state index in [9.17, 15) is 4.79 Å². The van der Waals surface area contributed by atoms with E-state index in [0.29, 0.717) is 24.9 Å². The Balaban J connectivity index is 2.00. The Labute approximate surface area is 90.7 Å². The number of rotatable bonds is 1. The minimum atomic E-state index is -0.173. The second-order valence-corrected chi connectivity index (χ2v) is 3.58. The molecule has 3 rings (SSSR count). The van der Waals surface area contributed by atoms with Gasteiger partial charge in [-0.05, 0) is 0 Å². The fraction of sp³-hybridized carbons (Fsp3) is 0.444. The molecule has 1 saturated heterocycles. The normalized spacial score (nSPS) is 16.9. The summed E-state index contributed by atoms with van der Waals surface area (Å²) in [6, 6.07) is 1.42. The Morgan fingerprint density at radius 1 is 1.38 bits per heavy atom. The summed E-state index contributed by atoms with van der Waals surface area (Å²) in [5.41, 5.74) is -0.173. The number of nitrogens with one attached hydrogen (secondary N) is 1. The van der Waals surface area contributed by atoms with E-state index < -0.39 is 0 Å². The number of hydrogen-bond donors (Lipinski definition) is 1. The zero-order valence-electron chi connectivity index (χ0n) is 8.59. The average Bonchev–Trinajstić information content (AvgIpc) is 2.73. The van der Waals surface area contributed by atoms with Crippen molar-refractivity contribution in [3.05, 3.63) is 22.6 Å². The van der Waals surface area contributed by atoms with Gasteiger partial charge in [0.25, 0.3) is 5.56 Å². The zero-order valence-corrected chi connectivity index (χ0v) is 8.59. The molecule has 7 heteroatoms. The van der Waals surface area contributed by atoms with E-state index in [4.69, 9.17) is 4.74 Å². The Bertz CT molecular complexity index is 554. The first-order valence-electron chi connectivity index (χ1n) is 5.11. The summed E-state index contributed by atoms with van der Waals surface area (Å²) >= 11 is 0. The van der Waals surface area contributed by atoms with Crippen molar-refractivity contribution >= 4 is 11.7 Å². The van der Waals surface area contributed by atoms with Gasteiger partial charge in [0.1, 0.15) is 0 Å². The van der Waals surface area contributed by atoms with Crippen LogP contribution in [0.2, 0.25) is 0 Å². The van der Waals surface area contributed by atoms with Gasteiger partial charge in [0, 0.05) is 25.4 Å². The molecule has 0 saturated carbocycles. The highest BCUT2D eigenvalue weighted by atomic mass is 16.5. The van der Waals surface area contributed by atoms with E-state index in [0.717, 1.165) is 13.1 Å². The predicted octanol–water partition coefficient (Wildman–Crippen LogP) is -0.746. The van der Waals surface area contributed by atoms with E-state index in [1.54, 1.807) is 10.7 Å². The van der Waals surface area contributed by atoms with E-state index in [1.165, 1.54) is 6.07 Å². The molecule has 84 valence electrons. The lowest BCUT2D eigenvalue weighted by atomic mass is 10.4. The molecule has 0 amide bonds. The molecule has 0 bridgehead atoms. The van der Waals surface area contributed by atoms with Crippen LogP contribution in [0.25, 0.3) is 5.78 Å². The van der Waals surface area contributed by atoms with Crippen molar-refractivity contribution in [2.24, 2.45) is 0 Å². The molecule has 3 heterocycles. The van der Waals surface area contributed by atoms with Gasteiger partial charge in [-0.2, -0.15) is 4.98 Å². The first-order chi connectivity index (χ1) is 7.83. The number of nitrogens with zero attached hydrogens (tertiary/aromatic N) is 4. The molecule has 1 aliphatic rings. The molecule has 0 aliphatic carbocycles. The highest BCUT2D eigenvalue weighted by Gasteiger charge is 2.15. The van der Waals surface area contributed by atoms with Gasteiger partial charge in [-0.3, -0.25) is 9.78 Å². The predicted molar refractivity (Wildman–Crippen MR) is 56.6 cm³/mol. The number of aromatic amines is 1. The fourth-order valence-electron chi connectivity index (χ4n) is 1.69. The van der Waals surface area contributed by atoms with Gasteiger partial charge >= 0.3 is 0 Å². The van der Waals surface area contributed by atoms with Crippen molar-refractivity contribution in [3.63, 3.8) is 0 Å². The summed E-state index contributed by atoms with van der Waals surface area (Å²) in [6.45, 7) is 2.93. The Hall–Kier alpha value is -1.89. The molecule has 7 nitrogen and oxygen atoms in total. The van der Waals surface area contributed by atoms with Crippen LogP contribution in [-0.4, -0.2) is 45.9 Å². The number of morpholine rings is 1. The summed E-state index contributed by atoms with van der Waals surface area (Å²) in [7, 11) is 0. The molecular formula is C9H11N5O2. The van der Waals surface area contributed by atoms with Gasteiger partial charge in [0.05, 0.1) is 13.2 Å². The Morgan fingerprint density at radius 2 is 2.19 bits per heavy atom. The summed E-state index contributed by atoms with van der Waals surface area (Å²) in [5, 5.41) is 4.28. The van der Waals surface area contributed by atoms with Crippen LogP contribution < -0.4 is 10.5 Å². The zero-order chi connectivity index (χ0) is 11.0. The first kappa shape index (κ1) is 9.34. The lowest BCUT2D eigenvalue weighted by Crippen LogP contribution is -2.36. The third kappa shape index (κ3) is 1.54. The molecule has 0 radical (unpaired) electrons. The van der Waals surface area contributed by atoms with E-state index >= 15 is 0 Å². The topological polar surface area (TPSA) is 75.5 Å². The monoisotopic (exact) mass is 221 g/mol. The maximum Gasteiger partial charge on any atom is 0.252 e. The highest BCUT2D eigenvalue weighted by Crippen LogP contribution is 2.09. The number of H-pyrrole nitrogens is 1. The summed E-state index contributed by atoms with van der Waals surface area (Å²) in [4.78, 5) is 20.0. The molecular weight excluding hydrogens is 210 g/mol. The quantitative estimate of drug-likeness (QED) is 0.686. The van der Waals surface area contributed by atoms with E-state index in [1.807, 2.05) is 4.90 Å². The molecule has 1 aliphatic heterocycles.